The van der Waals surface area contributed by atoms with Crippen molar-refractivity contribution in [2.45, 2.75) is 32.4 Å². The fourth-order valence-electron chi connectivity index (χ4n) is 3.80. The van der Waals surface area contributed by atoms with Crippen molar-refractivity contribution < 1.29 is 9.53 Å². The highest BCUT2D eigenvalue weighted by molar-refractivity contribution is 5.75. The van der Waals surface area contributed by atoms with Crippen LogP contribution >= 0.6 is 0 Å². The van der Waals surface area contributed by atoms with E-state index in [0.717, 1.165) is 42.1 Å². The fraction of sp³-hybridized carbons (Fsp3) is 0.292. The number of unbranched alkanes of at least 4 members (excludes halogenated alkanes) is 1. The molecule has 2 aromatic carbocycles. The zero-order chi connectivity index (χ0) is 20.1. The second-order valence-electron chi connectivity index (χ2n) is 7.30. The van der Waals surface area contributed by atoms with Gasteiger partial charge in [-0.3, -0.25) is 0 Å². The summed E-state index contributed by atoms with van der Waals surface area (Å²) in [6.07, 6.45) is 4.13. The van der Waals surface area contributed by atoms with E-state index in [9.17, 15) is 4.79 Å². The van der Waals surface area contributed by atoms with Gasteiger partial charge < -0.3 is 19.5 Å². The Balaban J connectivity index is 1.62. The van der Waals surface area contributed by atoms with Crippen LogP contribution in [0, 0.1) is 0 Å². The van der Waals surface area contributed by atoms with Gasteiger partial charge in [-0.25, -0.2) is 4.79 Å². The maximum Gasteiger partial charge on any atom is 0.318 e. The van der Waals surface area contributed by atoms with Crippen LogP contribution in [0.2, 0.25) is 0 Å². The molecule has 2 amide bonds. The summed E-state index contributed by atoms with van der Waals surface area (Å²) in [5.41, 5.74) is 2.17. The lowest BCUT2D eigenvalue weighted by Crippen LogP contribution is -2.47. The quantitative estimate of drug-likeness (QED) is 0.589. The minimum atomic E-state index is -0.139. The van der Waals surface area contributed by atoms with E-state index in [4.69, 9.17) is 4.74 Å². The Bertz CT molecular complexity index is 952. The molecule has 0 radical (unpaired) electrons. The van der Waals surface area contributed by atoms with Crippen LogP contribution < -0.4 is 10.1 Å². The third-order valence-electron chi connectivity index (χ3n) is 5.26. The normalized spacial score (nSPS) is 15.6. The molecule has 0 unspecified atom stereocenters. The molecule has 1 aliphatic heterocycles. The van der Waals surface area contributed by atoms with Gasteiger partial charge in [0.2, 0.25) is 0 Å². The van der Waals surface area contributed by atoms with E-state index >= 15 is 0 Å². The van der Waals surface area contributed by atoms with Crippen LogP contribution in [0.25, 0.3) is 0 Å². The van der Waals surface area contributed by atoms with Gasteiger partial charge in [-0.2, -0.15) is 0 Å². The highest BCUT2D eigenvalue weighted by atomic mass is 16.5. The van der Waals surface area contributed by atoms with E-state index in [2.05, 4.69) is 35.1 Å². The third kappa shape index (κ3) is 4.29. The molecule has 0 saturated heterocycles. The van der Waals surface area contributed by atoms with Crippen molar-refractivity contribution in [3.63, 3.8) is 0 Å². The number of benzene rings is 2. The minimum Gasteiger partial charge on any atom is -0.457 e. The zero-order valence-electron chi connectivity index (χ0n) is 16.8. The molecule has 0 fully saturated rings. The van der Waals surface area contributed by atoms with E-state index in [-0.39, 0.29) is 12.1 Å². The molecule has 3 aromatic rings. The number of nitrogens with one attached hydrogen (secondary N) is 1. The van der Waals surface area contributed by atoms with Crippen molar-refractivity contribution in [2.24, 2.45) is 0 Å². The molecule has 1 aliphatic rings. The molecule has 2 heterocycles. The SMILES string of the molecule is CCCCNC(=O)N1CCn2cccc2[C@H]1c1cccc(Oc2ccccc2)c1. The number of amides is 2. The first-order valence-electron chi connectivity index (χ1n) is 10.3. The molecule has 29 heavy (non-hydrogen) atoms. The lowest BCUT2D eigenvalue weighted by Gasteiger charge is -2.37. The highest BCUT2D eigenvalue weighted by Crippen LogP contribution is 2.34. The summed E-state index contributed by atoms with van der Waals surface area (Å²) in [5.74, 6) is 1.56. The Hall–Kier alpha value is -3.21. The highest BCUT2D eigenvalue weighted by Gasteiger charge is 2.32. The summed E-state index contributed by atoms with van der Waals surface area (Å²) in [6.45, 7) is 4.31. The first-order valence-corrected chi connectivity index (χ1v) is 10.3. The van der Waals surface area contributed by atoms with Crippen LogP contribution in [0.3, 0.4) is 0 Å². The van der Waals surface area contributed by atoms with Gasteiger partial charge in [0, 0.05) is 31.5 Å². The van der Waals surface area contributed by atoms with E-state index < -0.39 is 0 Å². The molecule has 5 heteroatoms. The first kappa shape index (κ1) is 19.1. The van der Waals surface area contributed by atoms with E-state index in [0.29, 0.717) is 13.1 Å². The van der Waals surface area contributed by atoms with E-state index in [1.54, 1.807) is 0 Å². The Kier molecular flexibility index (Phi) is 5.84. The van der Waals surface area contributed by atoms with E-state index in [1.165, 1.54) is 0 Å². The summed E-state index contributed by atoms with van der Waals surface area (Å²) < 4.78 is 8.26. The van der Waals surface area contributed by atoms with Gasteiger partial charge in [0.15, 0.2) is 0 Å². The molecule has 0 bridgehead atoms. The predicted octanol–water partition coefficient (Wildman–Crippen LogP) is 5.20. The number of carbonyl (C=O) groups excluding carboxylic acids is 1. The van der Waals surface area contributed by atoms with E-state index in [1.807, 2.05) is 59.5 Å². The molecule has 150 valence electrons. The monoisotopic (exact) mass is 389 g/mol. The molecule has 0 aliphatic carbocycles. The Morgan fingerprint density at radius 2 is 1.86 bits per heavy atom. The largest absolute Gasteiger partial charge is 0.457 e. The Labute approximate surface area is 171 Å². The number of aromatic nitrogens is 1. The number of urea groups is 1. The fourth-order valence-corrected chi connectivity index (χ4v) is 3.80. The van der Waals surface area contributed by atoms with Crippen molar-refractivity contribution in [2.75, 3.05) is 13.1 Å². The average Bonchev–Trinajstić information content (AvgIpc) is 3.23. The summed E-state index contributed by atoms with van der Waals surface area (Å²) in [4.78, 5) is 14.9. The third-order valence-corrected chi connectivity index (χ3v) is 5.26. The molecule has 1 atom stereocenters. The van der Waals surface area contributed by atoms with Crippen LogP contribution in [-0.4, -0.2) is 28.6 Å². The van der Waals surface area contributed by atoms with Crippen LogP contribution in [0.5, 0.6) is 11.5 Å². The second kappa shape index (κ2) is 8.86. The summed E-state index contributed by atoms with van der Waals surface area (Å²) >= 11 is 0. The van der Waals surface area contributed by atoms with Crippen molar-refractivity contribution in [3.8, 4) is 11.5 Å². The number of nitrogens with zero attached hydrogens (tertiary/aromatic N) is 2. The molecule has 0 saturated carbocycles. The van der Waals surface area contributed by atoms with Crippen LogP contribution in [0.4, 0.5) is 4.79 Å². The van der Waals surface area contributed by atoms with Crippen LogP contribution in [-0.2, 0) is 6.54 Å². The topological polar surface area (TPSA) is 46.5 Å². The van der Waals surface area contributed by atoms with Gasteiger partial charge >= 0.3 is 6.03 Å². The van der Waals surface area contributed by atoms with Gasteiger partial charge in [-0.1, -0.05) is 43.7 Å². The summed E-state index contributed by atoms with van der Waals surface area (Å²) in [6, 6.07) is 21.8. The molecule has 5 nitrogen and oxygen atoms in total. The molecular formula is C24H27N3O2. The van der Waals surface area contributed by atoms with Crippen molar-refractivity contribution >= 4 is 6.03 Å². The average molecular weight is 389 g/mol. The predicted molar refractivity (Wildman–Crippen MR) is 114 cm³/mol. The van der Waals surface area contributed by atoms with Gasteiger partial charge in [0.25, 0.3) is 0 Å². The number of carbonyl (C=O) groups is 1. The number of para-hydroxylation sites is 1. The zero-order valence-corrected chi connectivity index (χ0v) is 16.8. The van der Waals surface area contributed by atoms with Crippen LogP contribution in [0.1, 0.15) is 37.1 Å². The first-order chi connectivity index (χ1) is 14.3. The standard InChI is InChI=1S/C24H27N3O2/c1-2-3-14-25-24(28)27-17-16-26-15-8-13-22(26)23(27)19-9-7-12-21(18-19)29-20-10-5-4-6-11-20/h4-13,15,18,23H,2-3,14,16-17H2,1H3,(H,25,28)/t23-/m1/s1. The molecular weight excluding hydrogens is 362 g/mol. The smallest absolute Gasteiger partial charge is 0.318 e. The van der Waals surface area contributed by atoms with Gasteiger partial charge in [-0.05, 0) is 48.4 Å². The minimum absolute atomic E-state index is 0.00900. The number of hydrogen-bond donors (Lipinski definition) is 1. The van der Waals surface area contributed by atoms with Gasteiger partial charge in [0.1, 0.15) is 11.5 Å². The molecule has 1 aromatic heterocycles. The lowest BCUT2D eigenvalue weighted by molar-refractivity contribution is 0.168. The Morgan fingerprint density at radius 1 is 1.03 bits per heavy atom. The second-order valence-corrected chi connectivity index (χ2v) is 7.30. The van der Waals surface area contributed by atoms with Crippen molar-refractivity contribution in [1.82, 2.24) is 14.8 Å². The summed E-state index contributed by atoms with van der Waals surface area (Å²) in [5, 5.41) is 3.08. The molecule has 0 spiro atoms. The number of rotatable bonds is 6. The van der Waals surface area contributed by atoms with Crippen molar-refractivity contribution in [3.05, 3.63) is 84.2 Å². The summed E-state index contributed by atoms with van der Waals surface area (Å²) in [7, 11) is 0. The number of hydrogen-bond acceptors (Lipinski definition) is 2. The molecule has 4 rings (SSSR count). The van der Waals surface area contributed by atoms with Crippen LogP contribution in [0.15, 0.2) is 72.9 Å². The maximum atomic E-state index is 12.9. The molecule has 1 N–H and O–H groups in total. The number of ether oxygens (including phenoxy) is 1. The lowest BCUT2D eigenvalue weighted by atomic mass is 10.00. The van der Waals surface area contributed by atoms with Gasteiger partial charge in [-0.15, -0.1) is 0 Å². The Morgan fingerprint density at radius 3 is 2.69 bits per heavy atom. The van der Waals surface area contributed by atoms with Crippen molar-refractivity contribution in [1.29, 1.82) is 0 Å². The van der Waals surface area contributed by atoms with Gasteiger partial charge in [0.05, 0.1) is 6.04 Å². The number of fused-ring (bicyclic) bond motifs is 1. The maximum absolute atomic E-state index is 12.9.